The SMILES string of the molecule is CC1(C)OB(c2ccc3c(c2)ncn3CCC#N)OC1(C)C. The van der Waals surface area contributed by atoms with Crippen molar-refractivity contribution >= 4 is 23.6 Å². The van der Waals surface area contributed by atoms with Gasteiger partial charge in [-0.1, -0.05) is 6.07 Å². The molecule has 1 aromatic carbocycles. The monoisotopic (exact) mass is 297 g/mol. The molecule has 2 aromatic rings. The molecule has 0 saturated carbocycles. The Morgan fingerprint density at radius 2 is 1.91 bits per heavy atom. The Balaban J connectivity index is 1.90. The Labute approximate surface area is 131 Å². The Morgan fingerprint density at radius 1 is 1.23 bits per heavy atom. The fourth-order valence-corrected chi connectivity index (χ4v) is 2.56. The van der Waals surface area contributed by atoms with Crippen molar-refractivity contribution in [2.24, 2.45) is 0 Å². The van der Waals surface area contributed by atoms with Crippen LogP contribution in [0.1, 0.15) is 34.1 Å². The summed E-state index contributed by atoms with van der Waals surface area (Å²) in [7, 11) is -0.376. The summed E-state index contributed by atoms with van der Waals surface area (Å²) in [5.74, 6) is 0. The predicted octanol–water partition coefficient (Wildman–Crippen LogP) is 2.25. The summed E-state index contributed by atoms with van der Waals surface area (Å²) in [6.45, 7) is 8.83. The molecule has 1 aromatic heterocycles. The van der Waals surface area contributed by atoms with Crippen LogP contribution in [0.15, 0.2) is 24.5 Å². The van der Waals surface area contributed by atoms with Gasteiger partial charge in [-0.05, 0) is 45.3 Å². The third-order valence-electron chi connectivity index (χ3n) is 4.64. The molecule has 6 heteroatoms. The van der Waals surface area contributed by atoms with E-state index < -0.39 is 0 Å². The maximum atomic E-state index is 8.71. The quantitative estimate of drug-likeness (QED) is 0.815. The predicted molar refractivity (Wildman–Crippen MR) is 85.7 cm³/mol. The van der Waals surface area contributed by atoms with Crippen molar-refractivity contribution < 1.29 is 9.31 Å². The zero-order valence-corrected chi connectivity index (χ0v) is 13.5. The third kappa shape index (κ3) is 2.41. The summed E-state index contributed by atoms with van der Waals surface area (Å²) in [4.78, 5) is 4.42. The van der Waals surface area contributed by atoms with E-state index in [2.05, 4.69) is 11.1 Å². The van der Waals surface area contributed by atoms with Crippen molar-refractivity contribution in [3.8, 4) is 6.07 Å². The number of imidazole rings is 1. The second kappa shape index (κ2) is 5.11. The van der Waals surface area contributed by atoms with Crippen LogP contribution in [0.5, 0.6) is 0 Å². The molecule has 22 heavy (non-hydrogen) atoms. The van der Waals surface area contributed by atoms with Crippen LogP contribution in [0.4, 0.5) is 0 Å². The number of rotatable bonds is 3. The van der Waals surface area contributed by atoms with Crippen molar-refractivity contribution in [2.45, 2.75) is 51.9 Å². The van der Waals surface area contributed by atoms with Crippen LogP contribution >= 0.6 is 0 Å². The topological polar surface area (TPSA) is 60.1 Å². The van der Waals surface area contributed by atoms with Crippen molar-refractivity contribution in [1.82, 2.24) is 9.55 Å². The van der Waals surface area contributed by atoms with E-state index in [1.165, 1.54) is 0 Å². The standard InChI is InChI=1S/C16H20BN3O2/c1-15(2)16(3,4)22-17(21-15)12-6-7-14-13(10-12)19-11-20(14)9-5-8-18/h6-7,10-11H,5,9H2,1-4H3. The molecule has 0 bridgehead atoms. The first-order chi connectivity index (χ1) is 10.3. The Morgan fingerprint density at radius 3 is 2.55 bits per heavy atom. The minimum absolute atomic E-state index is 0.348. The molecule has 114 valence electrons. The average molecular weight is 297 g/mol. The van der Waals surface area contributed by atoms with Gasteiger partial charge in [-0.15, -0.1) is 0 Å². The molecule has 0 atom stereocenters. The van der Waals surface area contributed by atoms with Crippen LogP contribution < -0.4 is 5.46 Å². The number of aromatic nitrogens is 2. The highest BCUT2D eigenvalue weighted by atomic mass is 16.7. The van der Waals surface area contributed by atoms with Gasteiger partial charge in [-0.2, -0.15) is 5.26 Å². The first-order valence-corrected chi connectivity index (χ1v) is 7.51. The molecular formula is C16H20BN3O2. The van der Waals surface area contributed by atoms with Crippen molar-refractivity contribution in [2.75, 3.05) is 0 Å². The molecule has 1 fully saturated rings. The van der Waals surface area contributed by atoms with Crippen LogP contribution in [0.25, 0.3) is 11.0 Å². The minimum atomic E-state index is -0.376. The first kappa shape index (κ1) is 15.1. The molecule has 3 rings (SSSR count). The smallest absolute Gasteiger partial charge is 0.399 e. The molecule has 1 aliphatic heterocycles. The molecule has 1 saturated heterocycles. The molecule has 0 radical (unpaired) electrons. The molecule has 2 heterocycles. The molecule has 0 aliphatic carbocycles. The Bertz CT molecular complexity index is 729. The van der Waals surface area contributed by atoms with Crippen molar-refractivity contribution in [3.63, 3.8) is 0 Å². The second-order valence-corrected chi connectivity index (χ2v) is 6.68. The molecule has 0 spiro atoms. The lowest BCUT2D eigenvalue weighted by Gasteiger charge is -2.32. The van der Waals surface area contributed by atoms with Crippen LogP contribution in [0.3, 0.4) is 0 Å². The molecule has 0 unspecified atom stereocenters. The molecule has 0 N–H and O–H groups in total. The summed E-state index contributed by atoms with van der Waals surface area (Å²) in [5, 5.41) is 8.71. The first-order valence-electron chi connectivity index (χ1n) is 7.51. The van der Waals surface area contributed by atoms with Gasteiger partial charge in [-0.3, -0.25) is 0 Å². The van der Waals surface area contributed by atoms with E-state index in [-0.39, 0.29) is 18.3 Å². The van der Waals surface area contributed by atoms with E-state index in [1.54, 1.807) is 6.33 Å². The van der Waals surface area contributed by atoms with Gasteiger partial charge in [0, 0.05) is 6.54 Å². The lowest BCUT2D eigenvalue weighted by atomic mass is 9.79. The molecular weight excluding hydrogens is 277 g/mol. The van der Waals surface area contributed by atoms with Gasteiger partial charge in [0.05, 0.1) is 41.1 Å². The number of hydrogen-bond donors (Lipinski definition) is 0. The number of nitriles is 1. The van der Waals surface area contributed by atoms with E-state index in [1.807, 2.05) is 50.5 Å². The van der Waals surface area contributed by atoms with Gasteiger partial charge >= 0.3 is 7.12 Å². The van der Waals surface area contributed by atoms with Crippen LogP contribution in [0, 0.1) is 11.3 Å². The average Bonchev–Trinajstić information content (AvgIpc) is 2.94. The normalized spacial score (nSPS) is 19.5. The van der Waals surface area contributed by atoms with Crippen LogP contribution in [-0.4, -0.2) is 27.9 Å². The zero-order valence-electron chi connectivity index (χ0n) is 13.5. The number of hydrogen-bond acceptors (Lipinski definition) is 4. The summed E-state index contributed by atoms with van der Waals surface area (Å²) in [6, 6.07) is 8.18. The second-order valence-electron chi connectivity index (χ2n) is 6.68. The summed E-state index contributed by atoms with van der Waals surface area (Å²) >= 11 is 0. The third-order valence-corrected chi connectivity index (χ3v) is 4.64. The number of benzene rings is 1. The van der Waals surface area contributed by atoms with Gasteiger partial charge in [0.15, 0.2) is 0 Å². The number of nitrogens with zero attached hydrogens (tertiary/aromatic N) is 3. The Hall–Kier alpha value is -1.84. The summed E-state index contributed by atoms with van der Waals surface area (Å²) < 4.78 is 14.1. The maximum absolute atomic E-state index is 8.71. The lowest BCUT2D eigenvalue weighted by Crippen LogP contribution is -2.41. The van der Waals surface area contributed by atoms with Gasteiger partial charge < -0.3 is 13.9 Å². The maximum Gasteiger partial charge on any atom is 0.494 e. The van der Waals surface area contributed by atoms with E-state index in [0.717, 1.165) is 16.5 Å². The van der Waals surface area contributed by atoms with Crippen molar-refractivity contribution in [1.29, 1.82) is 5.26 Å². The van der Waals surface area contributed by atoms with Crippen LogP contribution in [-0.2, 0) is 15.9 Å². The highest BCUT2D eigenvalue weighted by Gasteiger charge is 2.51. The van der Waals surface area contributed by atoms with Crippen LogP contribution in [0.2, 0.25) is 0 Å². The fraction of sp³-hybridized carbons (Fsp3) is 0.500. The van der Waals surface area contributed by atoms with Gasteiger partial charge in [0.1, 0.15) is 0 Å². The minimum Gasteiger partial charge on any atom is -0.399 e. The zero-order chi connectivity index (χ0) is 16.0. The van der Waals surface area contributed by atoms with Gasteiger partial charge in [0.2, 0.25) is 0 Å². The lowest BCUT2D eigenvalue weighted by molar-refractivity contribution is 0.00578. The van der Waals surface area contributed by atoms with E-state index >= 15 is 0 Å². The fourth-order valence-electron chi connectivity index (χ4n) is 2.56. The summed E-state index contributed by atoms with van der Waals surface area (Å²) in [6.07, 6.45) is 2.25. The van der Waals surface area contributed by atoms with Gasteiger partial charge in [-0.25, -0.2) is 4.98 Å². The summed E-state index contributed by atoms with van der Waals surface area (Å²) in [5.41, 5.74) is 2.19. The molecule has 5 nitrogen and oxygen atoms in total. The largest absolute Gasteiger partial charge is 0.494 e. The van der Waals surface area contributed by atoms with E-state index in [9.17, 15) is 0 Å². The Kier molecular flexibility index (Phi) is 3.50. The highest BCUT2D eigenvalue weighted by molar-refractivity contribution is 6.62. The van der Waals surface area contributed by atoms with Crippen molar-refractivity contribution in [3.05, 3.63) is 24.5 Å². The van der Waals surface area contributed by atoms with Gasteiger partial charge in [0.25, 0.3) is 0 Å². The van der Waals surface area contributed by atoms with E-state index in [4.69, 9.17) is 14.6 Å². The molecule has 0 amide bonds. The van der Waals surface area contributed by atoms with E-state index in [0.29, 0.717) is 13.0 Å². The highest BCUT2D eigenvalue weighted by Crippen LogP contribution is 2.36. The number of aryl methyl sites for hydroxylation is 1. The number of fused-ring (bicyclic) bond motifs is 1. The molecule has 1 aliphatic rings.